The Morgan fingerprint density at radius 3 is 2.42 bits per heavy atom. The van der Waals surface area contributed by atoms with E-state index in [4.69, 9.17) is 4.74 Å². The van der Waals surface area contributed by atoms with Crippen LogP contribution in [0.15, 0.2) is 24.3 Å². The molecule has 1 aromatic carbocycles. The van der Waals surface area contributed by atoms with Gasteiger partial charge in [0.05, 0.1) is 12.0 Å². The molecule has 2 rings (SSSR count). The van der Waals surface area contributed by atoms with E-state index in [1.54, 1.807) is 12.1 Å². The minimum Gasteiger partial charge on any atom is -0.426 e. The number of rotatable bonds is 3. The Morgan fingerprint density at radius 2 is 1.84 bits per heavy atom. The summed E-state index contributed by atoms with van der Waals surface area (Å²) in [6.07, 6.45) is 2.83. The number of aliphatic hydroxyl groups is 1. The Morgan fingerprint density at radius 1 is 1.21 bits per heavy atom. The molecule has 4 nitrogen and oxygen atoms in total. The molecule has 0 spiro atoms. The Balaban J connectivity index is 1.98. The zero-order chi connectivity index (χ0) is 13.8. The molecule has 0 unspecified atom stereocenters. The van der Waals surface area contributed by atoms with Crippen LogP contribution in [0.1, 0.15) is 25.7 Å². The van der Waals surface area contributed by atoms with Gasteiger partial charge in [-0.3, -0.25) is 4.79 Å². The molecule has 19 heavy (non-hydrogen) atoms. The zero-order valence-corrected chi connectivity index (χ0v) is 11.5. The first-order valence-electron chi connectivity index (χ1n) is 6.75. The fourth-order valence-corrected chi connectivity index (χ4v) is 2.39. The number of hydrogen-bond acceptors (Lipinski definition) is 4. The minimum atomic E-state index is -0.553. The normalized spacial score (nSPS) is 22.9. The van der Waals surface area contributed by atoms with Crippen LogP contribution in [0.25, 0.3) is 0 Å². The van der Waals surface area contributed by atoms with Crippen molar-refractivity contribution in [1.82, 2.24) is 0 Å². The smallest absolute Gasteiger partial charge is 0.316 e. The summed E-state index contributed by atoms with van der Waals surface area (Å²) in [5, 5.41) is 9.83. The lowest BCUT2D eigenvalue weighted by atomic mass is 9.87. The van der Waals surface area contributed by atoms with E-state index in [0.29, 0.717) is 12.2 Å². The van der Waals surface area contributed by atoms with Crippen molar-refractivity contribution >= 4 is 11.7 Å². The molecule has 1 aliphatic rings. The van der Waals surface area contributed by atoms with E-state index >= 15 is 0 Å². The molecule has 0 heterocycles. The Labute approximate surface area is 114 Å². The van der Waals surface area contributed by atoms with Crippen LogP contribution in [0.2, 0.25) is 0 Å². The van der Waals surface area contributed by atoms with Crippen LogP contribution in [0, 0.1) is 5.92 Å². The summed E-state index contributed by atoms with van der Waals surface area (Å²) in [5.41, 5.74) is 1.05. The summed E-state index contributed by atoms with van der Waals surface area (Å²) in [6, 6.07) is 7.37. The highest BCUT2D eigenvalue weighted by molar-refractivity contribution is 5.76. The predicted molar refractivity (Wildman–Crippen MR) is 74.4 cm³/mol. The van der Waals surface area contributed by atoms with Crippen LogP contribution in [-0.4, -0.2) is 31.3 Å². The van der Waals surface area contributed by atoms with Gasteiger partial charge in [-0.25, -0.2) is 0 Å². The van der Waals surface area contributed by atoms with Crippen LogP contribution in [0.3, 0.4) is 0 Å². The third-order valence-corrected chi connectivity index (χ3v) is 3.60. The van der Waals surface area contributed by atoms with Crippen molar-refractivity contribution < 1.29 is 14.6 Å². The summed E-state index contributed by atoms with van der Waals surface area (Å²) in [4.78, 5) is 14.0. The number of esters is 1. The molecule has 0 bridgehead atoms. The molecule has 1 N–H and O–H groups in total. The number of carbonyl (C=O) groups excluding carboxylic acids is 1. The van der Waals surface area contributed by atoms with E-state index in [1.165, 1.54) is 0 Å². The molecule has 0 amide bonds. The van der Waals surface area contributed by atoms with Crippen LogP contribution >= 0.6 is 0 Å². The zero-order valence-electron chi connectivity index (χ0n) is 11.5. The molecule has 1 fully saturated rings. The second-order valence-corrected chi connectivity index (χ2v) is 5.27. The summed E-state index contributed by atoms with van der Waals surface area (Å²) < 4.78 is 5.34. The number of hydrogen-bond donors (Lipinski definition) is 1. The molecule has 104 valence electrons. The molecule has 0 saturated heterocycles. The maximum absolute atomic E-state index is 12.0. The Hall–Kier alpha value is -1.55. The number of benzene rings is 1. The van der Waals surface area contributed by atoms with Crippen molar-refractivity contribution in [2.75, 3.05) is 19.0 Å². The molecule has 2 atom stereocenters. The Kier molecular flexibility index (Phi) is 4.43. The highest BCUT2D eigenvalue weighted by atomic mass is 16.5. The maximum Gasteiger partial charge on any atom is 0.316 e. The van der Waals surface area contributed by atoms with Crippen molar-refractivity contribution in [2.24, 2.45) is 5.92 Å². The maximum atomic E-state index is 12.0. The number of ether oxygens (including phenoxy) is 1. The molecular weight excluding hydrogens is 242 g/mol. The fourth-order valence-electron chi connectivity index (χ4n) is 2.39. The van der Waals surface area contributed by atoms with Gasteiger partial charge < -0.3 is 14.7 Å². The molecule has 0 aliphatic heterocycles. The summed E-state index contributed by atoms with van der Waals surface area (Å²) in [6.45, 7) is 0. The monoisotopic (exact) mass is 263 g/mol. The van der Waals surface area contributed by atoms with E-state index < -0.39 is 6.10 Å². The topological polar surface area (TPSA) is 49.8 Å². The van der Waals surface area contributed by atoms with Gasteiger partial charge in [0, 0.05) is 19.8 Å². The first-order chi connectivity index (χ1) is 9.08. The molecule has 0 aromatic heterocycles. The van der Waals surface area contributed by atoms with Crippen molar-refractivity contribution in [3.05, 3.63) is 24.3 Å². The van der Waals surface area contributed by atoms with Crippen molar-refractivity contribution in [2.45, 2.75) is 31.8 Å². The lowest BCUT2D eigenvalue weighted by Gasteiger charge is -2.25. The average molecular weight is 263 g/mol. The summed E-state index contributed by atoms with van der Waals surface area (Å²) in [5.74, 6) is -0.152. The van der Waals surface area contributed by atoms with E-state index in [2.05, 4.69) is 0 Å². The van der Waals surface area contributed by atoms with Gasteiger partial charge >= 0.3 is 5.97 Å². The van der Waals surface area contributed by atoms with Crippen LogP contribution in [-0.2, 0) is 4.79 Å². The van der Waals surface area contributed by atoms with Crippen LogP contribution in [0.4, 0.5) is 5.69 Å². The van der Waals surface area contributed by atoms with Gasteiger partial charge in [0.15, 0.2) is 0 Å². The second kappa shape index (κ2) is 6.06. The number of anilines is 1. The quantitative estimate of drug-likeness (QED) is 0.671. The number of aliphatic hydroxyl groups excluding tert-OH is 1. The minimum absolute atomic E-state index is 0.315. The first kappa shape index (κ1) is 13.9. The molecular formula is C15H21NO3. The average Bonchev–Trinajstić information content (AvgIpc) is 2.39. The van der Waals surface area contributed by atoms with Crippen LogP contribution in [0.5, 0.6) is 5.75 Å². The molecule has 0 radical (unpaired) electrons. The van der Waals surface area contributed by atoms with Gasteiger partial charge in [-0.05, 0) is 37.1 Å². The highest BCUT2D eigenvalue weighted by Gasteiger charge is 2.30. The standard InChI is InChI=1S/C15H21NO3/c1-16(2)11-7-9-12(10-8-11)19-15(18)13-5-3-4-6-14(13)17/h7-10,13-14,17H,3-6H2,1-2H3/t13-,14+/m0/s1. The second-order valence-electron chi connectivity index (χ2n) is 5.27. The molecule has 1 aromatic rings. The first-order valence-corrected chi connectivity index (χ1v) is 6.75. The van der Waals surface area contributed by atoms with E-state index in [-0.39, 0.29) is 11.9 Å². The fraction of sp³-hybridized carbons (Fsp3) is 0.533. The largest absolute Gasteiger partial charge is 0.426 e. The lowest BCUT2D eigenvalue weighted by Crippen LogP contribution is -2.34. The molecule has 1 aliphatic carbocycles. The third-order valence-electron chi connectivity index (χ3n) is 3.60. The van der Waals surface area contributed by atoms with Crippen LogP contribution < -0.4 is 9.64 Å². The number of carbonyl (C=O) groups is 1. The van der Waals surface area contributed by atoms with Gasteiger partial charge in [0.1, 0.15) is 5.75 Å². The predicted octanol–water partition coefficient (Wildman–Crippen LogP) is 2.21. The van der Waals surface area contributed by atoms with Crippen molar-refractivity contribution in [3.8, 4) is 5.75 Å². The third kappa shape index (κ3) is 3.47. The van der Waals surface area contributed by atoms with Gasteiger partial charge in [-0.15, -0.1) is 0 Å². The summed E-state index contributed by atoms with van der Waals surface area (Å²) in [7, 11) is 3.92. The highest BCUT2D eigenvalue weighted by Crippen LogP contribution is 2.26. The lowest BCUT2D eigenvalue weighted by molar-refractivity contribution is -0.144. The van der Waals surface area contributed by atoms with E-state index in [0.717, 1.165) is 24.9 Å². The Bertz CT molecular complexity index is 428. The van der Waals surface area contributed by atoms with E-state index in [9.17, 15) is 9.90 Å². The van der Waals surface area contributed by atoms with E-state index in [1.807, 2.05) is 31.1 Å². The molecule has 1 saturated carbocycles. The summed E-state index contributed by atoms with van der Waals surface area (Å²) >= 11 is 0. The molecule has 4 heteroatoms. The van der Waals surface area contributed by atoms with Gasteiger partial charge in [-0.2, -0.15) is 0 Å². The SMILES string of the molecule is CN(C)c1ccc(OC(=O)[C@H]2CCCC[C@H]2O)cc1. The van der Waals surface area contributed by atoms with Crippen molar-refractivity contribution in [1.29, 1.82) is 0 Å². The van der Waals surface area contributed by atoms with Gasteiger partial charge in [-0.1, -0.05) is 12.8 Å². The number of nitrogens with zero attached hydrogens (tertiary/aromatic N) is 1. The van der Waals surface area contributed by atoms with Gasteiger partial charge in [0.2, 0.25) is 0 Å². The van der Waals surface area contributed by atoms with Gasteiger partial charge in [0.25, 0.3) is 0 Å². The van der Waals surface area contributed by atoms with Crippen molar-refractivity contribution in [3.63, 3.8) is 0 Å².